The third kappa shape index (κ3) is 4.86. The van der Waals surface area contributed by atoms with E-state index in [0.29, 0.717) is 0 Å². The first-order chi connectivity index (χ1) is 13.8. The maximum atomic E-state index is 5.93. The molecule has 0 atom stereocenters. The highest BCUT2D eigenvalue weighted by Crippen LogP contribution is 2.22. The number of pyridine rings is 1. The number of nitrogens with zero attached hydrogens (tertiary/aromatic N) is 5. The van der Waals surface area contributed by atoms with E-state index in [4.69, 9.17) is 15.2 Å². The molecule has 0 spiro atoms. The van der Waals surface area contributed by atoms with Gasteiger partial charge < -0.3 is 25.4 Å². The lowest BCUT2D eigenvalue weighted by Gasteiger charge is -2.27. The van der Waals surface area contributed by atoms with Crippen molar-refractivity contribution in [1.29, 1.82) is 0 Å². The molecule has 0 unspecified atom stereocenters. The Labute approximate surface area is 164 Å². The highest BCUT2D eigenvalue weighted by Gasteiger charge is 2.13. The molecule has 4 rings (SSSR count). The Hall–Kier alpha value is -2.49. The number of nitrogens with two attached hydrogens (primary N) is 1. The smallest absolute Gasteiger partial charge is 0.222 e. The van der Waals surface area contributed by atoms with Crippen LogP contribution in [0.4, 0.5) is 17.6 Å². The van der Waals surface area contributed by atoms with Crippen LogP contribution in [0.5, 0.6) is 0 Å². The van der Waals surface area contributed by atoms with Crippen molar-refractivity contribution in [2.24, 2.45) is 0 Å². The zero-order valence-electron chi connectivity index (χ0n) is 16.0. The van der Waals surface area contributed by atoms with Crippen molar-refractivity contribution in [3.8, 4) is 11.3 Å². The summed E-state index contributed by atoms with van der Waals surface area (Å²) in [6.45, 7) is 8.50. The van der Waals surface area contributed by atoms with Gasteiger partial charge in [-0.2, -0.15) is 4.98 Å². The molecule has 0 aromatic carbocycles. The number of nitrogens with one attached hydrogen (secondary N) is 1. The number of morpholine rings is 2. The first kappa shape index (κ1) is 18.9. The lowest BCUT2D eigenvalue weighted by Crippen LogP contribution is -2.39. The quantitative estimate of drug-likeness (QED) is 0.744. The van der Waals surface area contributed by atoms with Gasteiger partial charge in [-0.1, -0.05) is 0 Å². The van der Waals surface area contributed by atoms with Gasteiger partial charge in [-0.15, -0.1) is 0 Å². The number of nitrogen functional groups attached to an aromatic ring is 1. The van der Waals surface area contributed by atoms with E-state index >= 15 is 0 Å². The van der Waals surface area contributed by atoms with Crippen molar-refractivity contribution < 1.29 is 9.47 Å². The third-order valence-corrected chi connectivity index (χ3v) is 4.96. The van der Waals surface area contributed by atoms with Gasteiger partial charge in [0, 0.05) is 57.1 Å². The molecular formula is C19H27N7O2. The lowest BCUT2D eigenvalue weighted by atomic mass is 10.2. The molecule has 2 aromatic heterocycles. The van der Waals surface area contributed by atoms with E-state index in [0.717, 1.165) is 88.6 Å². The second-order valence-electron chi connectivity index (χ2n) is 6.88. The summed E-state index contributed by atoms with van der Waals surface area (Å²) < 4.78 is 10.8. The molecule has 2 aliphatic heterocycles. The van der Waals surface area contributed by atoms with Crippen LogP contribution in [0.1, 0.15) is 0 Å². The zero-order chi connectivity index (χ0) is 19.2. The molecule has 28 heavy (non-hydrogen) atoms. The van der Waals surface area contributed by atoms with Crippen LogP contribution in [-0.2, 0) is 9.47 Å². The van der Waals surface area contributed by atoms with Crippen LogP contribution in [0.2, 0.25) is 0 Å². The largest absolute Gasteiger partial charge is 0.379 e. The minimum absolute atomic E-state index is 0.253. The Morgan fingerprint density at radius 3 is 2.46 bits per heavy atom. The minimum atomic E-state index is 0.253. The Bertz CT molecular complexity index is 759. The van der Waals surface area contributed by atoms with Crippen molar-refractivity contribution in [3.63, 3.8) is 0 Å². The molecule has 0 amide bonds. The van der Waals surface area contributed by atoms with Gasteiger partial charge in [-0.25, -0.2) is 9.97 Å². The highest BCUT2D eigenvalue weighted by atomic mass is 16.5. The van der Waals surface area contributed by atoms with Crippen LogP contribution in [0.25, 0.3) is 11.3 Å². The van der Waals surface area contributed by atoms with Crippen molar-refractivity contribution in [1.82, 2.24) is 19.9 Å². The molecule has 0 radical (unpaired) electrons. The average Bonchev–Trinajstić information content (AvgIpc) is 2.75. The first-order valence-electron chi connectivity index (χ1n) is 9.75. The average molecular weight is 385 g/mol. The Balaban J connectivity index is 1.39. The van der Waals surface area contributed by atoms with Crippen LogP contribution >= 0.6 is 0 Å². The van der Waals surface area contributed by atoms with E-state index in [1.165, 1.54) is 0 Å². The van der Waals surface area contributed by atoms with Crippen molar-refractivity contribution in [3.05, 3.63) is 24.4 Å². The molecule has 0 bridgehead atoms. The second-order valence-corrected chi connectivity index (χ2v) is 6.88. The van der Waals surface area contributed by atoms with Gasteiger partial charge in [0.15, 0.2) is 0 Å². The maximum Gasteiger partial charge on any atom is 0.222 e. The van der Waals surface area contributed by atoms with Crippen molar-refractivity contribution in [2.75, 3.05) is 81.6 Å². The molecule has 150 valence electrons. The standard InChI is InChI=1S/C19H27N7O2/c20-19-23-16(13-17(24-19)21-3-4-25-5-9-27-10-6-25)15-1-2-18(22-14-15)26-7-11-28-12-8-26/h1-2,13-14H,3-12H2,(H3,20,21,23,24). The summed E-state index contributed by atoms with van der Waals surface area (Å²) in [7, 11) is 0. The number of hydrogen-bond donors (Lipinski definition) is 2. The summed E-state index contributed by atoms with van der Waals surface area (Å²) in [4.78, 5) is 17.9. The summed E-state index contributed by atoms with van der Waals surface area (Å²) >= 11 is 0. The molecule has 2 aliphatic rings. The zero-order valence-corrected chi connectivity index (χ0v) is 16.0. The minimum Gasteiger partial charge on any atom is -0.379 e. The van der Waals surface area contributed by atoms with Gasteiger partial charge in [0.2, 0.25) is 5.95 Å². The summed E-state index contributed by atoms with van der Waals surface area (Å²) in [6, 6.07) is 5.96. The van der Waals surface area contributed by atoms with Crippen molar-refractivity contribution >= 4 is 17.6 Å². The van der Waals surface area contributed by atoms with E-state index in [2.05, 4.69) is 30.1 Å². The number of hydrogen-bond acceptors (Lipinski definition) is 9. The van der Waals surface area contributed by atoms with Crippen LogP contribution in [0.15, 0.2) is 24.4 Å². The van der Waals surface area contributed by atoms with E-state index < -0.39 is 0 Å². The molecule has 2 fully saturated rings. The number of rotatable bonds is 6. The molecule has 2 aromatic rings. The van der Waals surface area contributed by atoms with E-state index in [1.54, 1.807) is 0 Å². The number of anilines is 3. The van der Waals surface area contributed by atoms with Gasteiger partial charge in [0.25, 0.3) is 0 Å². The fourth-order valence-electron chi connectivity index (χ4n) is 3.39. The third-order valence-electron chi connectivity index (χ3n) is 4.96. The Morgan fingerprint density at radius 1 is 1.00 bits per heavy atom. The molecule has 0 aliphatic carbocycles. The van der Waals surface area contributed by atoms with Crippen LogP contribution in [0, 0.1) is 0 Å². The Kier molecular flexibility index (Phi) is 6.15. The van der Waals surface area contributed by atoms with Gasteiger partial charge in [-0.3, -0.25) is 4.90 Å². The Morgan fingerprint density at radius 2 is 1.75 bits per heavy atom. The lowest BCUT2D eigenvalue weighted by molar-refractivity contribution is 0.0398. The summed E-state index contributed by atoms with van der Waals surface area (Å²) in [5.74, 6) is 1.94. The number of aromatic nitrogens is 3. The molecule has 9 heteroatoms. The van der Waals surface area contributed by atoms with Crippen LogP contribution in [0.3, 0.4) is 0 Å². The maximum absolute atomic E-state index is 5.93. The fraction of sp³-hybridized carbons (Fsp3) is 0.526. The van der Waals surface area contributed by atoms with Crippen LogP contribution < -0.4 is 16.0 Å². The fourth-order valence-corrected chi connectivity index (χ4v) is 3.39. The molecule has 0 saturated carbocycles. The normalized spacial score (nSPS) is 18.2. The summed E-state index contributed by atoms with van der Waals surface area (Å²) in [6.07, 6.45) is 1.84. The van der Waals surface area contributed by atoms with Gasteiger partial charge >= 0.3 is 0 Å². The van der Waals surface area contributed by atoms with Crippen molar-refractivity contribution in [2.45, 2.75) is 0 Å². The predicted octanol–water partition coefficient (Wildman–Crippen LogP) is 0.702. The highest BCUT2D eigenvalue weighted by molar-refractivity contribution is 5.64. The first-order valence-corrected chi connectivity index (χ1v) is 9.75. The van der Waals surface area contributed by atoms with Gasteiger partial charge in [-0.05, 0) is 12.1 Å². The van der Waals surface area contributed by atoms with E-state index in [-0.39, 0.29) is 5.95 Å². The monoisotopic (exact) mass is 385 g/mol. The van der Waals surface area contributed by atoms with Gasteiger partial charge in [0.05, 0.1) is 32.1 Å². The second kappa shape index (κ2) is 9.13. The summed E-state index contributed by atoms with van der Waals surface area (Å²) in [5, 5.41) is 3.35. The predicted molar refractivity (Wildman–Crippen MR) is 108 cm³/mol. The SMILES string of the molecule is Nc1nc(NCCN2CCOCC2)cc(-c2ccc(N3CCOCC3)nc2)n1. The van der Waals surface area contributed by atoms with Crippen LogP contribution in [-0.4, -0.2) is 85.5 Å². The van der Waals surface area contributed by atoms with E-state index in [9.17, 15) is 0 Å². The molecular weight excluding hydrogens is 358 g/mol. The van der Waals surface area contributed by atoms with E-state index in [1.807, 2.05) is 24.4 Å². The molecule has 4 heterocycles. The molecule has 9 nitrogen and oxygen atoms in total. The topological polar surface area (TPSA) is 102 Å². The summed E-state index contributed by atoms with van der Waals surface area (Å²) in [5.41, 5.74) is 7.61. The number of ether oxygens (including phenoxy) is 2. The van der Waals surface area contributed by atoms with Gasteiger partial charge in [0.1, 0.15) is 11.6 Å². The molecule has 2 saturated heterocycles. The molecule has 3 N–H and O–H groups in total.